The Labute approximate surface area is 105 Å². The van der Waals surface area contributed by atoms with Gasteiger partial charge in [-0.05, 0) is 12.1 Å². The Morgan fingerprint density at radius 3 is 2.28 bits per heavy atom. The van der Waals surface area contributed by atoms with Crippen LogP contribution in [-0.4, -0.2) is 5.78 Å². The Kier molecular flexibility index (Phi) is 3.49. The summed E-state index contributed by atoms with van der Waals surface area (Å²) >= 11 is 0. The van der Waals surface area contributed by atoms with E-state index < -0.39 is 11.9 Å². The highest BCUT2D eigenvalue weighted by Crippen LogP contribution is 2.24. The van der Waals surface area contributed by atoms with E-state index in [2.05, 4.69) is 4.85 Å². The molecule has 0 aliphatic carbocycles. The SMILES string of the molecule is [C-]#[N+]C(C(=O)c1ccccc1)c1ccccc1F. The molecule has 0 bridgehead atoms. The molecule has 0 aromatic heterocycles. The van der Waals surface area contributed by atoms with Crippen LogP contribution in [0.3, 0.4) is 0 Å². The fourth-order valence-electron chi connectivity index (χ4n) is 1.73. The van der Waals surface area contributed by atoms with E-state index in [4.69, 9.17) is 6.57 Å². The zero-order chi connectivity index (χ0) is 13.0. The van der Waals surface area contributed by atoms with Crippen molar-refractivity contribution in [2.24, 2.45) is 0 Å². The van der Waals surface area contributed by atoms with E-state index in [-0.39, 0.29) is 11.3 Å². The lowest BCUT2D eigenvalue weighted by Crippen LogP contribution is -2.11. The van der Waals surface area contributed by atoms with Gasteiger partial charge >= 0.3 is 6.04 Å². The Hall–Kier alpha value is -2.47. The molecule has 0 saturated heterocycles. The summed E-state index contributed by atoms with van der Waals surface area (Å²) in [6, 6.07) is 13.2. The number of benzene rings is 2. The van der Waals surface area contributed by atoms with Crippen LogP contribution in [0.4, 0.5) is 4.39 Å². The Morgan fingerprint density at radius 2 is 1.67 bits per heavy atom. The predicted molar refractivity (Wildman–Crippen MR) is 66.5 cm³/mol. The second-order valence-electron chi connectivity index (χ2n) is 3.78. The lowest BCUT2D eigenvalue weighted by molar-refractivity contribution is 0.0974. The number of ketones is 1. The Bertz CT molecular complexity index is 601. The number of hydrogen-bond donors (Lipinski definition) is 0. The third-order valence-electron chi connectivity index (χ3n) is 2.64. The van der Waals surface area contributed by atoms with Gasteiger partial charge < -0.3 is 0 Å². The molecule has 2 aromatic carbocycles. The molecular formula is C15H10FNO. The number of carbonyl (C=O) groups is 1. The van der Waals surface area contributed by atoms with Gasteiger partial charge in [0.25, 0.3) is 0 Å². The first-order valence-electron chi connectivity index (χ1n) is 5.44. The van der Waals surface area contributed by atoms with Crippen molar-refractivity contribution >= 4 is 5.78 Å². The fourth-order valence-corrected chi connectivity index (χ4v) is 1.73. The molecule has 0 aliphatic heterocycles. The second-order valence-corrected chi connectivity index (χ2v) is 3.78. The van der Waals surface area contributed by atoms with E-state index in [1.165, 1.54) is 18.2 Å². The first-order chi connectivity index (χ1) is 8.74. The minimum atomic E-state index is -1.12. The zero-order valence-corrected chi connectivity index (χ0v) is 9.51. The van der Waals surface area contributed by atoms with Gasteiger partial charge in [0.2, 0.25) is 5.78 Å². The van der Waals surface area contributed by atoms with Gasteiger partial charge in [0.1, 0.15) is 5.82 Å². The third kappa shape index (κ3) is 2.28. The average Bonchev–Trinajstić information content (AvgIpc) is 2.42. The van der Waals surface area contributed by atoms with Crippen LogP contribution in [0, 0.1) is 12.4 Å². The van der Waals surface area contributed by atoms with Crippen molar-refractivity contribution in [3.63, 3.8) is 0 Å². The highest BCUT2D eigenvalue weighted by molar-refractivity contribution is 6.01. The monoisotopic (exact) mass is 239 g/mol. The largest absolute Gasteiger partial charge is 0.313 e. The summed E-state index contributed by atoms with van der Waals surface area (Å²) in [6.07, 6.45) is 0. The van der Waals surface area contributed by atoms with E-state index in [1.807, 2.05) is 0 Å². The van der Waals surface area contributed by atoms with E-state index in [0.29, 0.717) is 5.56 Å². The van der Waals surface area contributed by atoms with Crippen LogP contribution in [0.1, 0.15) is 22.0 Å². The van der Waals surface area contributed by atoms with Crippen molar-refractivity contribution in [2.75, 3.05) is 0 Å². The number of rotatable bonds is 3. The topological polar surface area (TPSA) is 21.4 Å². The van der Waals surface area contributed by atoms with Gasteiger partial charge in [0.15, 0.2) is 0 Å². The minimum Gasteiger partial charge on any atom is -0.299 e. The van der Waals surface area contributed by atoms with E-state index in [9.17, 15) is 9.18 Å². The molecule has 1 unspecified atom stereocenters. The van der Waals surface area contributed by atoms with Gasteiger partial charge in [0, 0.05) is 5.56 Å². The predicted octanol–water partition coefficient (Wildman–Crippen LogP) is 3.67. The lowest BCUT2D eigenvalue weighted by atomic mass is 9.98. The quantitative estimate of drug-likeness (QED) is 0.591. The number of carbonyl (C=O) groups excluding carboxylic acids is 1. The van der Waals surface area contributed by atoms with Gasteiger partial charge in [-0.25, -0.2) is 11.0 Å². The zero-order valence-electron chi connectivity index (χ0n) is 9.51. The molecule has 0 radical (unpaired) electrons. The molecule has 0 aliphatic rings. The summed E-state index contributed by atoms with van der Waals surface area (Å²) in [4.78, 5) is 15.4. The van der Waals surface area contributed by atoms with Crippen molar-refractivity contribution in [1.29, 1.82) is 0 Å². The van der Waals surface area contributed by atoms with Crippen LogP contribution in [-0.2, 0) is 0 Å². The molecule has 0 saturated carbocycles. The third-order valence-corrected chi connectivity index (χ3v) is 2.64. The maximum atomic E-state index is 13.6. The van der Waals surface area contributed by atoms with E-state index in [1.54, 1.807) is 36.4 Å². The summed E-state index contributed by atoms with van der Waals surface area (Å²) in [5.41, 5.74) is 0.545. The molecule has 88 valence electrons. The summed E-state index contributed by atoms with van der Waals surface area (Å²) in [5.74, 6) is -0.904. The molecule has 0 N–H and O–H groups in total. The van der Waals surface area contributed by atoms with Crippen LogP contribution < -0.4 is 0 Å². The molecular weight excluding hydrogens is 229 g/mol. The number of Topliss-reactive ketones (excluding diaryl/α,β-unsaturated/α-hetero) is 1. The molecule has 0 fully saturated rings. The van der Waals surface area contributed by atoms with Gasteiger partial charge in [-0.2, -0.15) is 0 Å². The summed E-state index contributed by atoms with van der Waals surface area (Å²) in [5, 5.41) is 0. The summed E-state index contributed by atoms with van der Waals surface area (Å²) in [6.45, 7) is 7.11. The molecule has 0 heterocycles. The Morgan fingerprint density at radius 1 is 1.06 bits per heavy atom. The first kappa shape index (κ1) is 12.0. The van der Waals surface area contributed by atoms with E-state index >= 15 is 0 Å². The maximum absolute atomic E-state index is 13.6. The summed E-state index contributed by atoms with van der Waals surface area (Å²) < 4.78 is 13.6. The Balaban J connectivity index is 2.40. The van der Waals surface area contributed by atoms with Crippen molar-refractivity contribution in [2.45, 2.75) is 6.04 Å². The summed E-state index contributed by atoms with van der Waals surface area (Å²) in [7, 11) is 0. The molecule has 1 atom stereocenters. The van der Waals surface area contributed by atoms with Crippen molar-refractivity contribution < 1.29 is 9.18 Å². The number of nitrogens with zero attached hydrogens (tertiary/aromatic N) is 1. The van der Waals surface area contributed by atoms with Gasteiger partial charge in [-0.3, -0.25) is 9.64 Å². The molecule has 18 heavy (non-hydrogen) atoms. The molecule has 0 amide bonds. The lowest BCUT2D eigenvalue weighted by Gasteiger charge is -2.06. The van der Waals surface area contributed by atoms with Crippen LogP contribution in [0.2, 0.25) is 0 Å². The van der Waals surface area contributed by atoms with Crippen LogP contribution >= 0.6 is 0 Å². The molecule has 2 aromatic rings. The van der Waals surface area contributed by atoms with Crippen molar-refractivity contribution in [3.05, 3.63) is 83.0 Å². The fraction of sp³-hybridized carbons (Fsp3) is 0.0667. The maximum Gasteiger partial charge on any atom is 0.313 e. The number of hydrogen-bond acceptors (Lipinski definition) is 1. The standard InChI is InChI=1S/C15H10FNO/c1-17-14(12-9-5-6-10-13(12)16)15(18)11-7-3-2-4-8-11/h2-10,14H. The van der Waals surface area contributed by atoms with Gasteiger partial charge in [0.05, 0.1) is 5.56 Å². The first-order valence-corrected chi connectivity index (χ1v) is 5.44. The number of halogens is 1. The average molecular weight is 239 g/mol. The van der Waals surface area contributed by atoms with Crippen molar-refractivity contribution in [1.82, 2.24) is 0 Å². The normalized spacial score (nSPS) is 11.6. The van der Waals surface area contributed by atoms with Crippen LogP contribution in [0.15, 0.2) is 54.6 Å². The minimum absolute atomic E-state index is 0.126. The molecule has 2 rings (SSSR count). The van der Waals surface area contributed by atoms with Crippen LogP contribution in [0.25, 0.3) is 4.85 Å². The van der Waals surface area contributed by atoms with E-state index in [0.717, 1.165) is 0 Å². The smallest absolute Gasteiger partial charge is 0.299 e. The van der Waals surface area contributed by atoms with Gasteiger partial charge in [-0.1, -0.05) is 42.5 Å². The molecule has 2 nitrogen and oxygen atoms in total. The highest BCUT2D eigenvalue weighted by atomic mass is 19.1. The highest BCUT2D eigenvalue weighted by Gasteiger charge is 2.29. The van der Waals surface area contributed by atoms with Gasteiger partial charge in [-0.15, -0.1) is 0 Å². The van der Waals surface area contributed by atoms with Crippen LogP contribution in [0.5, 0.6) is 0 Å². The van der Waals surface area contributed by atoms with Crippen molar-refractivity contribution in [3.8, 4) is 0 Å². The molecule has 3 heteroatoms. The molecule has 0 spiro atoms. The second kappa shape index (κ2) is 5.24.